The number of alkyl halides is 3. The van der Waals surface area contributed by atoms with Crippen LogP contribution in [0.2, 0.25) is 0 Å². The predicted octanol–water partition coefficient (Wildman–Crippen LogP) is 5.72. The molecule has 1 aliphatic rings. The fourth-order valence-electron chi connectivity index (χ4n) is 4.10. The number of hydrogen-bond acceptors (Lipinski definition) is 2. The zero-order chi connectivity index (χ0) is 19.3. The highest BCUT2D eigenvalue weighted by Gasteiger charge is 2.30. The molecule has 0 fully saturated rings. The van der Waals surface area contributed by atoms with Crippen molar-refractivity contribution in [3.05, 3.63) is 77.4 Å². The Bertz CT molecular complexity index is 1190. The van der Waals surface area contributed by atoms with Crippen LogP contribution in [0.4, 0.5) is 13.2 Å². The molecule has 2 heterocycles. The molecule has 1 N–H and O–H groups in total. The monoisotopic (exact) mass is 378 g/mol. The first-order valence-electron chi connectivity index (χ1n) is 9.24. The highest BCUT2D eigenvalue weighted by Crippen LogP contribution is 2.37. The molecule has 2 nitrogen and oxygen atoms in total. The molecule has 3 aromatic carbocycles. The normalized spacial score (nSPS) is 14.4. The lowest BCUT2D eigenvalue weighted by Crippen LogP contribution is -2.25. The third-order valence-corrected chi connectivity index (χ3v) is 5.43. The molecule has 0 bridgehead atoms. The molecule has 140 valence electrons. The van der Waals surface area contributed by atoms with Gasteiger partial charge in [0, 0.05) is 17.5 Å². The Hall–Kier alpha value is -2.92. The Morgan fingerprint density at radius 2 is 1.64 bits per heavy atom. The summed E-state index contributed by atoms with van der Waals surface area (Å²) in [6.07, 6.45) is -3.47. The summed E-state index contributed by atoms with van der Waals surface area (Å²) in [5.41, 5.74) is 4.04. The Morgan fingerprint density at radius 3 is 2.43 bits per heavy atom. The molecule has 5 heteroatoms. The van der Waals surface area contributed by atoms with Crippen LogP contribution in [-0.4, -0.2) is 11.5 Å². The summed E-state index contributed by atoms with van der Waals surface area (Å²) >= 11 is 0. The lowest BCUT2D eigenvalue weighted by atomic mass is 9.90. The fraction of sp³-hybridized carbons (Fsp3) is 0.174. The van der Waals surface area contributed by atoms with E-state index in [-0.39, 0.29) is 0 Å². The predicted molar refractivity (Wildman–Crippen MR) is 105 cm³/mol. The van der Waals surface area contributed by atoms with E-state index in [4.69, 9.17) is 4.98 Å². The van der Waals surface area contributed by atoms with Gasteiger partial charge in [-0.1, -0.05) is 42.5 Å². The lowest BCUT2D eigenvalue weighted by Gasteiger charge is -2.23. The van der Waals surface area contributed by atoms with Gasteiger partial charge >= 0.3 is 6.18 Å². The van der Waals surface area contributed by atoms with E-state index in [0.717, 1.165) is 47.3 Å². The second-order valence-corrected chi connectivity index (χ2v) is 7.10. The van der Waals surface area contributed by atoms with Gasteiger partial charge in [0.1, 0.15) is 0 Å². The van der Waals surface area contributed by atoms with Crippen molar-refractivity contribution < 1.29 is 13.2 Å². The van der Waals surface area contributed by atoms with Crippen molar-refractivity contribution >= 4 is 21.7 Å². The van der Waals surface area contributed by atoms with E-state index in [1.54, 1.807) is 0 Å². The van der Waals surface area contributed by atoms with Crippen molar-refractivity contribution in [1.82, 2.24) is 10.3 Å². The van der Waals surface area contributed by atoms with E-state index in [0.29, 0.717) is 12.1 Å². The first-order chi connectivity index (χ1) is 13.5. The smallest absolute Gasteiger partial charge is 0.312 e. The van der Waals surface area contributed by atoms with E-state index < -0.39 is 11.7 Å². The molecule has 0 saturated carbocycles. The molecule has 0 radical (unpaired) electrons. The number of nitrogens with one attached hydrogen (secondary N) is 1. The maximum atomic E-state index is 12.9. The summed E-state index contributed by atoms with van der Waals surface area (Å²) in [5, 5.41) is 6.87. The largest absolute Gasteiger partial charge is 0.416 e. The first kappa shape index (κ1) is 17.2. The zero-order valence-electron chi connectivity index (χ0n) is 15.0. The molecular weight excluding hydrogens is 361 g/mol. The number of rotatable bonds is 1. The van der Waals surface area contributed by atoms with Crippen LogP contribution in [-0.2, 0) is 19.1 Å². The van der Waals surface area contributed by atoms with Gasteiger partial charge in [0.05, 0.1) is 16.8 Å². The van der Waals surface area contributed by atoms with E-state index >= 15 is 0 Å². The molecule has 0 unspecified atom stereocenters. The van der Waals surface area contributed by atoms with Crippen LogP contribution in [0.25, 0.3) is 32.9 Å². The summed E-state index contributed by atoms with van der Waals surface area (Å²) in [5.74, 6) is 0. The summed E-state index contributed by atoms with van der Waals surface area (Å²) < 4.78 is 38.8. The number of aromatic nitrogens is 1. The Labute approximate surface area is 160 Å². The Balaban J connectivity index is 1.77. The average molecular weight is 378 g/mol. The summed E-state index contributed by atoms with van der Waals surface area (Å²) in [6, 6.07) is 17.6. The Kier molecular flexibility index (Phi) is 3.88. The van der Waals surface area contributed by atoms with Crippen molar-refractivity contribution in [2.45, 2.75) is 19.1 Å². The third kappa shape index (κ3) is 2.74. The van der Waals surface area contributed by atoms with E-state index in [2.05, 4.69) is 23.5 Å². The number of hydrogen-bond donors (Lipinski definition) is 1. The maximum Gasteiger partial charge on any atom is 0.416 e. The first-order valence-corrected chi connectivity index (χ1v) is 9.24. The van der Waals surface area contributed by atoms with Gasteiger partial charge in [-0.3, -0.25) is 0 Å². The standard InChI is InChI=1S/C23H17F3N2/c24-23(25,26)16-8-5-15(6-9-16)22-19-13-27-12-11-18(19)21-17-4-2-1-3-14(17)7-10-20(21)28-22/h1-10,27H,11-13H2. The van der Waals surface area contributed by atoms with E-state index in [9.17, 15) is 13.2 Å². The molecule has 1 aliphatic heterocycles. The van der Waals surface area contributed by atoms with Gasteiger partial charge in [-0.25, -0.2) is 4.98 Å². The van der Waals surface area contributed by atoms with Crippen molar-refractivity contribution in [2.75, 3.05) is 6.54 Å². The highest BCUT2D eigenvalue weighted by molar-refractivity contribution is 6.09. The van der Waals surface area contributed by atoms with Crippen molar-refractivity contribution in [3.8, 4) is 11.3 Å². The zero-order valence-corrected chi connectivity index (χ0v) is 15.0. The molecule has 0 spiro atoms. The summed E-state index contributed by atoms with van der Waals surface area (Å²) in [6.45, 7) is 1.54. The number of benzene rings is 3. The topological polar surface area (TPSA) is 24.9 Å². The highest BCUT2D eigenvalue weighted by atomic mass is 19.4. The van der Waals surface area contributed by atoms with Gasteiger partial charge in [-0.2, -0.15) is 13.2 Å². The van der Waals surface area contributed by atoms with Gasteiger partial charge in [0.2, 0.25) is 0 Å². The van der Waals surface area contributed by atoms with Crippen LogP contribution < -0.4 is 5.32 Å². The second kappa shape index (κ2) is 6.31. The molecule has 0 atom stereocenters. The molecule has 0 amide bonds. The minimum Gasteiger partial charge on any atom is -0.312 e. The Morgan fingerprint density at radius 1 is 0.857 bits per heavy atom. The van der Waals surface area contributed by atoms with Gasteiger partial charge in [-0.05, 0) is 53.1 Å². The van der Waals surface area contributed by atoms with Gasteiger partial charge in [0.15, 0.2) is 0 Å². The van der Waals surface area contributed by atoms with Crippen molar-refractivity contribution in [1.29, 1.82) is 0 Å². The van der Waals surface area contributed by atoms with Gasteiger partial charge in [0.25, 0.3) is 0 Å². The summed E-state index contributed by atoms with van der Waals surface area (Å²) in [4.78, 5) is 4.88. The number of halogens is 3. The molecule has 0 aliphatic carbocycles. The minimum absolute atomic E-state index is 0.643. The molecule has 1 aromatic heterocycles. The number of nitrogens with zero attached hydrogens (tertiary/aromatic N) is 1. The second-order valence-electron chi connectivity index (χ2n) is 7.10. The SMILES string of the molecule is FC(F)(F)c1ccc(-c2nc3ccc4ccccc4c3c3c2CNCC3)cc1. The van der Waals surface area contributed by atoms with E-state index in [1.165, 1.54) is 28.5 Å². The van der Waals surface area contributed by atoms with Crippen molar-refractivity contribution in [2.24, 2.45) is 0 Å². The molecule has 0 saturated heterocycles. The van der Waals surface area contributed by atoms with Crippen LogP contribution in [0.5, 0.6) is 0 Å². The summed E-state index contributed by atoms with van der Waals surface area (Å²) in [7, 11) is 0. The number of fused-ring (bicyclic) bond motifs is 5. The lowest BCUT2D eigenvalue weighted by molar-refractivity contribution is -0.137. The third-order valence-electron chi connectivity index (χ3n) is 5.43. The molecular formula is C23H17F3N2. The van der Waals surface area contributed by atoms with Crippen LogP contribution in [0, 0.1) is 0 Å². The molecule has 4 aromatic rings. The average Bonchev–Trinajstić information content (AvgIpc) is 2.72. The van der Waals surface area contributed by atoms with Gasteiger partial charge in [-0.15, -0.1) is 0 Å². The van der Waals surface area contributed by atoms with Crippen LogP contribution >= 0.6 is 0 Å². The van der Waals surface area contributed by atoms with Gasteiger partial charge < -0.3 is 5.32 Å². The minimum atomic E-state index is -4.34. The van der Waals surface area contributed by atoms with E-state index in [1.807, 2.05) is 18.2 Å². The molecule has 28 heavy (non-hydrogen) atoms. The maximum absolute atomic E-state index is 12.9. The number of pyridine rings is 1. The molecule has 5 rings (SSSR count). The van der Waals surface area contributed by atoms with Crippen LogP contribution in [0.1, 0.15) is 16.7 Å². The van der Waals surface area contributed by atoms with Crippen LogP contribution in [0.15, 0.2) is 60.7 Å². The quantitative estimate of drug-likeness (QED) is 0.429. The fourth-order valence-corrected chi connectivity index (χ4v) is 4.10. The van der Waals surface area contributed by atoms with Crippen LogP contribution in [0.3, 0.4) is 0 Å². The van der Waals surface area contributed by atoms with Crippen molar-refractivity contribution in [3.63, 3.8) is 0 Å².